The van der Waals surface area contributed by atoms with Crippen LogP contribution in [0.15, 0.2) is 11.6 Å². The van der Waals surface area contributed by atoms with Gasteiger partial charge in [0.25, 0.3) is 0 Å². The molecule has 0 heterocycles. The molecule has 2 nitrogen and oxygen atoms in total. The van der Waals surface area contributed by atoms with Crippen LogP contribution >= 0.6 is 0 Å². The predicted molar refractivity (Wildman–Crippen MR) is 91.9 cm³/mol. The van der Waals surface area contributed by atoms with Crippen LogP contribution in [0.4, 0.5) is 0 Å². The summed E-state index contributed by atoms with van der Waals surface area (Å²) < 4.78 is 0. The van der Waals surface area contributed by atoms with Crippen molar-refractivity contribution in [3.05, 3.63) is 11.6 Å². The Morgan fingerprint density at radius 2 is 1.91 bits per heavy atom. The molecule has 0 aromatic heterocycles. The normalized spacial score (nSPS) is 52.2. The number of fused-ring (bicyclic) bond motifs is 5. The van der Waals surface area contributed by atoms with E-state index in [4.69, 9.17) is 0 Å². The zero-order valence-electron chi connectivity index (χ0n) is 15.0. The standard InChI is InChI=1S/C21H32O2/c1-13(22)17-6-7-18-16-5-4-14-12-15(23)8-10-20(14,2)19(16)9-11-21(17,18)3/h4,15-19,23H,5-12H2,1-3H3/t15-,16?,17?,18?,19?,20?,21?/m1/s1. The fourth-order valence-corrected chi connectivity index (χ4v) is 7.31. The number of Topliss-reactive ketones (excluding diaryl/α,β-unsaturated/α-hetero) is 1. The second-order valence-corrected chi connectivity index (χ2v) is 9.44. The molecule has 4 rings (SSSR count). The summed E-state index contributed by atoms with van der Waals surface area (Å²) in [6.45, 7) is 6.70. The Labute approximate surface area is 140 Å². The van der Waals surface area contributed by atoms with Gasteiger partial charge in [0, 0.05) is 5.92 Å². The van der Waals surface area contributed by atoms with Crippen LogP contribution in [0.25, 0.3) is 0 Å². The predicted octanol–water partition coefficient (Wildman–Crippen LogP) is 4.52. The van der Waals surface area contributed by atoms with Crippen molar-refractivity contribution in [2.75, 3.05) is 0 Å². The SMILES string of the molecule is CC(=O)C1CCC2C3CC=C4C[C@H](O)CCC4(C)C3CCC12C. The Morgan fingerprint density at radius 1 is 1.13 bits per heavy atom. The highest BCUT2D eigenvalue weighted by Crippen LogP contribution is 2.66. The highest BCUT2D eigenvalue weighted by molar-refractivity contribution is 5.79. The van der Waals surface area contributed by atoms with Crippen molar-refractivity contribution in [3.63, 3.8) is 0 Å². The molecule has 0 aliphatic heterocycles. The lowest BCUT2D eigenvalue weighted by molar-refractivity contribution is -0.127. The van der Waals surface area contributed by atoms with Crippen molar-refractivity contribution < 1.29 is 9.90 Å². The van der Waals surface area contributed by atoms with Gasteiger partial charge in [0.1, 0.15) is 5.78 Å². The maximum Gasteiger partial charge on any atom is 0.133 e. The average Bonchev–Trinajstić information content (AvgIpc) is 2.85. The monoisotopic (exact) mass is 316 g/mol. The summed E-state index contributed by atoms with van der Waals surface area (Å²) in [6.07, 6.45) is 11.5. The molecule has 23 heavy (non-hydrogen) atoms. The minimum Gasteiger partial charge on any atom is -0.393 e. The quantitative estimate of drug-likeness (QED) is 0.722. The summed E-state index contributed by atoms with van der Waals surface area (Å²) in [5.41, 5.74) is 2.11. The summed E-state index contributed by atoms with van der Waals surface area (Å²) in [5.74, 6) is 3.00. The minimum atomic E-state index is -0.117. The molecule has 0 bridgehead atoms. The van der Waals surface area contributed by atoms with Crippen molar-refractivity contribution in [3.8, 4) is 0 Å². The van der Waals surface area contributed by atoms with Crippen molar-refractivity contribution in [2.45, 2.75) is 78.2 Å². The Bertz CT molecular complexity index is 550. The minimum absolute atomic E-state index is 0.117. The third-order valence-electron chi connectivity index (χ3n) is 8.57. The lowest BCUT2D eigenvalue weighted by atomic mass is 9.47. The van der Waals surface area contributed by atoms with E-state index in [-0.39, 0.29) is 11.5 Å². The molecular weight excluding hydrogens is 284 g/mol. The molecule has 0 aromatic carbocycles. The summed E-state index contributed by atoms with van der Waals surface area (Å²) in [7, 11) is 0. The van der Waals surface area contributed by atoms with Crippen LogP contribution in [0.5, 0.6) is 0 Å². The molecule has 0 radical (unpaired) electrons. The number of rotatable bonds is 1. The van der Waals surface area contributed by atoms with Crippen molar-refractivity contribution >= 4 is 5.78 Å². The van der Waals surface area contributed by atoms with Gasteiger partial charge in [-0.2, -0.15) is 0 Å². The maximum atomic E-state index is 12.2. The molecule has 4 aliphatic rings. The summed E-state index contributed by atoms with van der Waals surface area (Å²) in [5, 5.41) is 10.1. The number of allylic oxidation sites excluding steroid dienone is 1. The molecule has 2 heteroatoms. The van der Waals surface area contributed by atoms with Gasteiger partial charge in [0.15, 0.2) is 0 Å². The summed E-state index contributed by atoms with van der Waals surface area (Å²) in [6, 6.07) is 0. The van der Waals surface area contributed by atoms with E-state index in [0.717, 1.165) is 43.4 Å². The molecular formula is C21H32O2. The van der Waals surface area contributed by atoms with Crippen molar-refractivity contribution in [1.82, 2.24) is 0 Å². The summed E-state index contributed by atoms with van der Waals surface area (Å²) in [4.78, 5) is 12.2. The van der Waals surface area contributed by atoms with Gasteiger partial charge in [-0.15, -0.1) is 0 Å². The first-order valence-corrected chi connectivity index (χ1v) is 9.74. The highest BCUT2D eigenvalue weighted by atomic mass is 16.3. The molecule has 3 saturated carbocycles. The van der Waals surface area contributed by atoms with E-state index in [9.17, 15) is 9.90 Å². The molecule has 0 saturated heterocycles. The van der Waals surface area contributed by atoms with E-state index in [1.807, 2.05) is 6.92 Å². The number of ketones is 1. The number of carbonyl (C=O) groups excluding carboxylic acids is 1. The zero-order valence-corrected chi connectivity index (χ0v) is 15.0. The second-order valence-electron chi connectivity index (χ2n) is 9.44. The number of aliphatic hydroxyl groups excluding tert-OH is 1. The molecule has 3 fully saturated rings. The third-order valence-corrected chi connectivity index (χ3v) is 8.57. The van der Waals surface area contributed by atoms with Gasteiger partial charge >= 0.3 is 0 Å². The van der Waals surface area contributed by atoms with E-state index in [1.165, 1.54) is 25.7 Å². The van der Waals surface area contributed by atoms with Crippen LogP contribution in [0.1, 0.15) is 72.1 Å². The smallest absolute Gasteiger partial charge is 0.133 e. The van der Waals surface area contributed by atoms with Gasteiger partial charge in [-0.1, -0.05) is 25.5 Å². The van der Waals surface area contributed by atoms with E-state index >= 15 is 0 Å². The van der Waals surface area contributed by atoms with Gasteiger partial charge in [-0.25, -0.2) is 0 Å². The Balaban J connectivity index is 1.66. The topological polar surface area (TPSA) is 37.3 Å². The second kappa shape index (κ2) is 5.18. The van der Waals surface area contributed by atoms with E-state index in [1.54, 1.807) is 5.57 Å². The largest absolute Gasteiger partial charge is 0.393 e. The lowest BCUT2D eigenvalue weighted by Crippen LogP contribution is -2.50. The molecule has 4 aliphatic carbocycles. The zero-order chi connectivity index (χ0) is 16.4. The van der Waals surface area contributed by atoms with E-state index in [0.29, 0.717) is 17.1 Å². The first-order chi connectivity index (χ1) is 10.9. The maximum absolute atomic E-state index is 12.2. The molecule has 0 amide bonds. The van der Waals surface area contributed by atoms with Gasteiger partial charge in [-0.3, -0.25) is 4.79 Å². The van der Waals surface area contributed by atoms with Gasteiger partial charge in [-0.05, 0) is 86.9 Å². The van der Waals surface area contributed by atoms with Gasteiger partial charge in [0.05, 0.1) is 6.10 Å². The molecule has 7 atom stereocenters. The summed E-state index contributed by atoms with van der Waals surface area (Å²) >= 11 is 0. The fraction of sp³-hybridized carbons (Fsp3) is 0.857. The van der Waals surface area contributed by atoms with Crippen molar-refractivity contribution in [1.29, 1.82) is 0 Å². The van der Waals surface area contributed by atoms with Gasteiger partial charge < -0.3 is 5.11 Å². The number of hydrogen-bond acceptors (Lipinski definition) is 2. The van der Waals surface area contributed by atoms with Crippen LogP contribution in [0.2, 0.25) is 0 Å². The van der Waals surface area contributed by atoms with Crippen LogP contribution < -0.4 is 0 Å². The van der Waals surface area contributed by atoms with Crippen LogP contribution in [-0.2, 0) is 4.79 Å². The average molecular weight is 316 g/mol. The van der Waals surface area contributed by atoms with Crippen LogP contribution in [-0.4, -0.2) is 17.0 Å². The molecule has 128 valence electrons. The number of aliphatic hydroxyl groups is 1. The third kappa shape index (κ3) is 2.13. The first-order valence-electron chi connectivity index (χ1n) is 9.74. The highest BCUT2D eigenvalue weighted by Gasteiger charge is 2.59. The Hall–Kier alpha value is -0.630. The van der Waals surface area contributed by atoms with Crippen molar-refractivity contribution in [2.24, 2.45) is 34.5 Å². The van der Waals surface area contributed by atoms with E-state index in [2.05, 4.69) is 19.9 Å². The molecule has 1 N–H and O–H groups in total. The first kappa shape index (κ1) is 15.9. The van der Waals surface area contributed by atoms with Crippen LogP contribution in [0, 0.1) is 34.5 Å². The Kier molecular flexibility index (Phi) is 3.58. The number of hydrogen-bond donors (Lipinski definition) is 1. The fourth-order valence-electron chi connectivity index (χ4n) is 7.31. The molecule has 0 aromatic rings. The van der Waals surface area contributed by atoms with E-state index < -0.39 is 0 Å². The molecule has 0 spiro atoms. The van der Waals surface area contributed by atoms with Gasteiger partial charge in [0.2, 0.25) is 0 Å². The molecule has 6 unspecified atom stereocenters. The van der Waals surface area contributed by atoms with Crippen LogP contribution in [0.3, 0.4) is 0 Å². The lowest BCUT2D eigenvalue weighted by Gasteiger charge is -2.57. The Morgan fingerprint density at radius 3 is 2.65 bits per heavy atom. The number of carbonyl (C=O) groups is 1.